The Labute approximate surface area is 120 Å². The van der Waals surface area contributed by atoms with Crippen molar-refractivity contribution in [2.24, 2.45) is 29.6 Å². The van der Waals surface area contributed by atoms with Crippen LogP contribution in [0.2, 0.25) is 0 Å². The first-order valence-corrected chi connectivity index (χ1v) is 7.98. The van der Waals surface area contributed by atoms with E-state index in [2.05, 4.69) is 0 Å². The van der Waals surface area contributed by atoms with Crippen molar-refractivity contribution >= 4 is 11.9 Å². The molecule has 4 saturated carbocycles. The van der Waals surface area contributed by atoms with Crippen LogP contribution < -0.4 is 0 Å². The summed E-state index contributed by atoms with van der Waals surface area (Å²) in [7, 11) is 1.38. The number of amides is 1. The van der Waals surface area contributed by atoms with Gasteiger partial charge in [0, 0.05) is 12.5 Å². The molecule has 4 bridgehead atoms. The lowest BCUT2D eigenvalue weighted by atomic mass is 9.51. The predicted molar refractivity (Wildman–Crippen MR) is 74.8 cm³/mol. The predicted octanol–water partition coefficient (Wildman–Crippen LogP) is 2.08. The van der Waals surface area contributed by atoms with Crippen LogP contribution in [0, 0.1) is 29.6 Å². The maximum atomic E-state index is 12.8. The molecule has 20 heavy (non-hydrogen) atoms. The third kappa shape index (κ3) is 2.33. The molecule has 0 saturated heterocycles. The first kappa shape index (κ1) is 13.9. The molecule has 4 heteroatoms. The highest BCUT2D eigenvalue weighted by Crippen LogP contribution is 2.56. The molecule has 0 spiro atoms. The number of rotatable bonds is 4. The van der Waals surface area contributed by atoms with E-state index in [9.17, 15) is 9.59 Å². The van der Waals surface area contributed by atoms with E-state index in [0.717, 1.165) is 11.8 Å². The summed E-state index contributed by atoms with van der Waals surface area (Å²) in [5.74, 6) is 2.95. The third-order valence-electron chi connectivity index (χ3n) is 5.75. The van der Waals surface area contributed by atoms with Crippen LogP contribution >= 0.6 is 0 Å². The lowest BCUT2D eigenvalue weighted by Gasteiger charge is -2.54. The minimum Gasteiger partial charge on any atom is -0.468 e. The zero-order valence-electron chi connectivity index (χ0n) is 12.5. The van der Waals surface area contributed by atoms with Crippen LogP contribution in [-0.4, -0.2) is 37.0 Å². The highest BCUT2D eigenvalue weighted by atomic mass is 16.5. The van der Waals surface area contributed by atoms with Gasteiger partial charge in [-0.3, -0.25) is 9.59 Å². The van der Waals surface area contributed by atoms with Crippen molar-refractivity contribution in [3.05, 3.63) is 0 Å². The maximum absolute atomic E-state index is 12.8. The minimum atomic E-state index is -0.316. The largest absolute Gasteiger partial charge is 0.468 e. The number of nitrogens with zero attached hydrogens (tertiary/aromatic N) is 1. The van der Waals surface area contributed by atoms with Gasteiger partial charge in [0.2, 0.25) is 5.91 Å². The SMILES string of the molecule is CCN(CC(=O)OC)C(=O)C1C2CC3CC(C2)CC1C3. The van der Waals surface area contributed by atoms with E-state index in [0.29, 0.717) is 18.4 Å². The smallest absolute Gasteiger partial charge is 0.325 e. The molecule has 4 rings (SSSR count). The monoisotopic (exact) mass is 279 g/mol. The lowest BCUT2D eigenvalue weighted by Crippen LogP contribution is -2.52. The molecule has 0 radical (unpaired) electrons. The second-order valence-electron chi connectivity index (χ2n) is 6.89. The number of carbonyl (C=O) groups is 2. The van der Waals surface area contributed by atoms with Crippen molar-refractivity contribution < 1.29 is 14.3 Å². The first-order valence-electron chi connectivity index (χ1n) is 7.98. The molecule has 0 unspecified atom stereocenters. The molecule has 112 valence electrons. The van der Waals surface area contributed by atoms with E-state index in [4.69, 9.17) is 4.74 Å². The molecular weight excluding hydrogens is 254 g/mol. The summed E-state index contributed by atoms with van der Waals surface area (Å²) in [6.45, 7) is 2.64. The van der Waals surface area contributed by atoms with Crippen LogP contribution in [0.5, 0.6) is 0 Å². The van der Waals surface area contributed by atoms with Crippen LogP contribution in [0.4, 0.5) is 0 Å². The zero-order chi connectivity index (χ0) is 14.3. The van der Waals surface area contributed by atoms with Gasteiger partial charge in [-0.2, -0.15) is 0 Å². The number of likely N-dealkylation sites (N-methyl/N-ethyl adjacent to an activating group) is 1. The van der Waals surface area contributed by atoms with Gasteiger partial charge in [0.05, 0.1) is 7.11 Å². The average Bonchev–Trinajstić information content (AvgIpc) is 2.43. The fourth-order valence-corrected chi connectivity index (χ4v) is 5.11. The van der Waals surface area contributed by atoms with Gasteiger partial charge in [0.15, 0.2) is 0 Å². The van der Waals surface area contributed by atoms with Gasteiger partial charge >= 0.3 is 5.97 Å². The molecule has 0 N–H and O–H groups in total. The van der Waals surface area contributed by atoms with Crippen LogP contribution in [-0.2, 0) is 14.3 Å². The quantitative estimate of drug-likeness (QED) is 0.740. The molecule has 0 heterocycles. The summed E-state index contributed by atoms with van der Waals surface area (Å²) >= 11 is 0. The van der Waals surface area contributed by atoms with E-state index in [1.807, 2.05) is 6.92 Å². The molecular formula is C16H25NO3. The first-order chi connectivity index (χ1) is 9.62. The number of hydrogen-bond donors (Lipinski definition) is 0. The van der Waals surface area contributed by atoms with Gasteiger partial charge in [-0.05, 0) is 62.7 Å². The fraction of sp³-hybridized carbons (Fsp3) is 0.875. The molecule has 4 aliphatic rings. The second-order valence-corrected chi connectivity index (χ2v) is 6.89. The highest BCUT2D eigenvalue weighted by molar-refractivity contribution is 5.84. The minimum absolute atomic E-state index is 0.106. The number of esters is 1. The number of hydrogen-bond acceptors (Lipinski definition) is 3. The van der Waals surface area contributed by atoms with E-state index < -0.39 is 0 Å². The Kier molecular flexibility index (Phi) is 3.74. The van der Waals surface area contributed by atoms with E-state index in [1.54, 1.807) is 4.90 Å². The Morgan fingerprint density at radius 1 is 1.05 bits per heavy atom. The normalized spacial score (nSPS) is 37.8. The van der Waals surface area contributed by atoms with Crippen molar-refractivity contribution in [1.29, 1.82) is 0 Å². The fourth-order valence-electron chi connectivity index (χ4n) is 5.11. The lowest BCUT2D eigenvalue weighted by molar-refractivity contribution is -0.155. The van der Waals surface area contributed by atoms with Gasteiger partial charge in [-0.1, -0.05) is 0 Å². The standard InChI is InChI=1S/C16H25NO3/c1-3-17(9-14(18)20-2)16(19)15-12-5-10-4-11(7-12)8-13(15)6-10/h10-13,15H,3-9H2,1-2H3. The average molecular weight is 279 g/mol. The van der Waals surface area contributed by atoms with Gasteiger partial charge in [-0.25, -0.2) is 0 Å². The van der Waals surface area contributed by atoms with Crippen LogP contribution in [0.3, 0.4) is 0 Å². The molecule has 1 amide bonds. The Hall–Kier alpha value is -1.06. The number of methoxy groups -OCH3 is 1. The third-order valence-corrected chi connectivity index (χ3v) is 5.75. The Balaban J connectivity index is 1.71. The highest BCUT2D eigenvalue weighted by Gasteiger charge is 2.51. The molecule has 4 nitrogen and oxygen atoms in total. The van der Waals surface area contributed by atoms with Crippen LogP contribution in [0.25, 0.3) is 0 Å². The molecule has 4 fully saturated rings. The van der Waals surface area contributed by atoms with Gasteiger partial charge in [0.1, 0.15) is 6.54 Å². The summed E-state index contributed by atoms with van der Waals surface area (Å²) in [5, 5.41) is 0. The molecule has 0 aromatic rings. The van der Waals surface area contributed by atoms with E-state index in [1.165, 1.54) is 39.2 Å². The van der Waals surface area contributed by atoms with Crippen molar-refractivity contribution in [3.8, 4) is 0 Å². The summed E-state index contributed by atoms with van der Waals surface area (Å²) in [4.78, 5) is 26.0. The zero-order valence-corrected chi connectivity index (χ0v) is 12.5. The second kappa shape index (κ2) is 5.38. The summed E-state index contributed by atoms with van der Waals surface area (Å²) in [6.07, 6.45) is 6.34. The Morgan fingerprint density at radius 3 is 2.05 bits per heavy atom. The molecule has 0 aliphatic heterocycles. The van der Waals surface area contributed by atoms with E-state index in [-0.39, 0.29) is 24.3 Å². The molecule has 0 aromatic carbocycles. The van der Waals surface area contributed by atoms with Crippen molar-refractivity contribution in [2.45, 2.75) is 39.0 Å². The Morgan fingerprint density at radius 2 is 1.60 bits per heavy atom. The van der Waals surface area contributed by atoms with E-state index >= 15 is 0 Å². The number of ether oxygens (including phenoxy) is 1. The van der Waals surface area contributed by atoms with Crippen molar-refractivity contribution in [3.63, 3.8) is 0 Å². The Bertz CT molecular complexity index is 379. The van der Waals surface area contributed by atoms with Crippen molar-refractivity contribution in [1.82, 2.24) is 4.90 Å². The summed E-state index contributed by atoms with van der Waals surface area (Å²) in [6, 6.07) is 0. The van der Waals surface area contributed by atoms with Gasteiger partial charge in [-0.15, -0.1) is 0 Å². The van der Waals surface area contributed by atoms with Crippen LogP contribution in [0.1, 0.15) is 39.0 Å². The van der Waals surface area contributed by atoms with Gasteiger partial charge < -0.3 is 9.64 Å². The summed E-state index contributed by atoms with van der Waals surface area (Å²) in [5.41, 5.74) is 0. The maximum Gasteiger partial charge on any atom is 0.325 e. The molecule has 0 atom stereocenters. The topological polar surface area (TPSA) is 46.6 Å². The number of carbonyl (C=O) groups excluding carboxylic acids is 2. The van der Waals surface area contributed by atoms with Crippen LogP contribution in [0.15, 0.2) is 0 Å². The van der Waals surface area contributed by atoms with Crippen molar-refractivity contribution in [2.75, 3.05) is 20.2 Å². The van der Waals surface area contributed by atoms with Gasteiger partial charge in [0.25, 0.3) is 0 Å². The summed E-state index contributed by atoms with van der Waals surface area (Å²) < 4.78 is 4.71. The molecule has 4 aliphatic carbocycles. The molecule has 0 aromatic heterocycles.